The van der Waals surface area contributed by atoms with E-state index in [1.807, 2.05) is 6.20 Å². The predicted molar refractivity (Wildman–Crippen MR) is 80.8 cm³/mol. The molecule has 1 unspecified atom stereocenters. The Balaban J connectivity index is 1.44. The molecule has 100 valence electrons. The van der Waals surface area contributed by atoms with Crippen molar-refractivity contribution in [3.63, 3.8) is 0 Å². The van der Waals surface area contributed by atoms with Crippen molar-refractivity contribution >= 4 is 27.3 Å². The Labute approximate surface area is 117 Å². The first kappa shape index (κ1) is 11.7. The zero-order valence-corrected chi connectivity index (χ0v) is 11.8. The van der Waals surface area contributed by atoms with Crippen molar-refractivity contribution in [2.45, 2.75) is 12.8 Å². The molecule has 0 saturated carbocycles. The van der Waals surface area contributed by atoms with Gasteiger partial charge in [-0.25, -0.2) is 0 Å². The van der Waals surface area contributed by atoms with Gasteiger partial charge in [-0.15, -0.1) is 0 Å². The van der Waals surface area contributed by atoms with Gasteiger partial charge in [0, 0.05) is 30.4 Å². The predicted octanol–water partition coefficient (Wildman–Crippen LogP) is 3.05. The van der Waals surface area contributed by atoms with Crippen LogP contribution in [0.4, 0.5) is 5.69 Å². The molecule has 3 aliphatic heterocycles. The molecule has 4 heterocycles. The minimum atomic E-state index is 0.833. The fraction of sp³-hybridized carbons (Fsp3) is 0.533. The molecule has 0 radical (unpaired) electrons. The van der Waals surface area contributed by atoms with Crippen LogP contribution >= 0.6 is 11.5 Å². The maximum absolute atomic E-state index is 4.23. The molecule has 4 heteroatoms. The second kappa shape index (κ2) is 4.76. The molecule has 3 saturated heterocycles. The molecule has 2 bridgehead atoms. The summed E-state index contributed by atoms with van der Waals surface area (Å²) in [5, 5.41) is 4.88. The molecule has 2 aromatic rings. The molecule has 0 aliphatic carbocycles. The van der Waals surface area contributed by atoms with Crippen molar-refractivity contribution in [3.8, 4) is 0 Å². The van der Waals surface area contributed by atoms with Gasteiger partial charge in [0.2, 0.25) is 0 Å². The van der Waals surface area contributed by atoms with E-state index >= 15 is 0 Å². The van der Waals surface area contributed by atoms with Crippen molar-refractivity contribution in [1.82, 2.24) is 9.27 Å². The number of hydrogen-bond donors (Lipinski definition) is 1. The van der Waals surface area contributed by atoms with Gasteiger partial charge in [-0.3, -0.25) is 0 Å². The lowest BCUT2D eigenvalue weighted by atomic mass is 9.79. The molecule has 3 nitrogen and oxygen atoms in total. The maximum Gasteiger partial charge on any atom is 0.0570 e. The van der Waals surface area contributed by atoms with Crippen LogP contribution in [0.2, 0.25) is 0 Å². The SMILES string of the molecule is c1cc2cnsc2cc1NCC1CN2CCC1CC2. The van der Waals surface area contributed by atoms with E-state index in [1.54, 1.807) is 11.5 Å². The van der Waals surface area contributed by atoms with E-state index in [0.717, 1.165) is 18.4 Å². The van der Waals surface area contributed by atoms with E-state index in [1.165, 1.54) is 48.2 Å². The highest BCUT2D eigenvalue weighted by molar-refractivity contribution is 7.13. The van der Waals surface area contributed by atoms with Gasteiger partial charge >= 0.3 is 0 Å². The lowest BCUT2D eigenvalue weighted by Gasteiger charge is -2.45. The minimum absolute atomic E-state index is 0.833. The Morgan fingerprint density at radius 2 is 2.21 bits per heavy atom. The Morgan fingerprint density at radius 1 is 1.32 bits per heavy atom. The molecule has 1 aromatic carbocycles. The highest BCUT2D eigenvalue weighted by atomic mass is 32.1. The van der Waals surface area contributed by atoms with Crippen LogP contribution in [0.1, 0.15) is 12.8 Å². The third kappa shape index (κ3) is 2.23. The number of fused-ring (bicyclic) bond motifs is 4. The van der Waals surface area contributed by atoms with E-state index in [4.69, 9.17) is 0 Å². The third-order valence-electron chi connectivity index (χ3n) is 4.72. The van der Waals surface area contributed by atoms with Crippen LogP contribution < -0.4 is 5.32 Å². The Morgan fingerprint density at radius 3 is 3.00 bits per heavy atom. The molecule has 5 rings (SSSR count). The van der Waals surface area contributed by atoms with Gasteiger partial charge in [-0.2, -0.15) is 4.37 Å². The number of nitrogens with one attached hydrogen (secondary N) is 1. The van der Waals surface area contributed by atoms with E-state index in [2.05, 4.69) is 32.8 Å². The van der Waals surface area contributed by atoms with Crippen molar-refractivity contribution < 1.29 is 0 Å². The summed E-state index contributed by atoms with van der Waals surface area (Å²) in [4.78, 5) is 2.62. The van der Waals surface area contributed by atoms with Gasteiger partial charge in [0.05, 0.1) is 4.70 Å². The number of benzene rings is 1. The van der Waals surface area contributed by atoms with Gasteiger partial charge in [0.25, 0.3) is 0 Å². The third-order valence-corrected chi connectivity index (χ3v) is 5.48. The maximum atomic E-state index is 4.23. The van der Waals surface area contributed by atoms with E-state index in [9.17, 15) is 0 Å². The number of hydrogen-bond acceptors (Lipinski definition) is 4. The normalized spacial score (nSPS) is 29.8. The van der Waals surface area contributed by atoms with Crippen molar-refractivity contribution in [2.24, 2.45) is 11.8 Å². The smallest absolute Gasteiger partial charge is 0.0570 e. The van der Waals surface area contributed by atoms with E-state index in [-0.39, 0.29) is 0 Å². The molecule has 3 fully saturated rings. The first-order valence-electron chi connectivity index (χ1n) is 7.19. The standard InChI is InChI=1S/C15H19N3S/c1-2-14(7-15-12(1)9-17-19-15)16-8-13-10-18-5-3-11(13)4-6-18/h1-2,7,9,11,13,16H,3-6,8,10H2. The fourth-order valence-electron chi connectivity index (χ4n) is 3.54. The Kier molecular flexibility index (Phi) is 2.93. The number of piperidine rings is 3. The monoisotopic (exact) mass is 273 g/mol. The first-order chi connectivity index (χ1) is 9.38. The quantitative estimate of drug-likeness (QED) is 0.931. The average molecular weight is 273 g/mol. The summed E-state index contributed by atoms with van der Waals surface area (Å²) in [7, 11) is 0. The average Bonchev–Trinajstić information content (AvgIpc) is 2.94. The summed E-state index contributed by atoms with van der Waals surface area (Å²) < 4.78 is 5.51. The second-order valence-electron chi connectivity index (χ2n) is 5.86. The molecule has 1 N–H and O–H groups in total. The van der Waals surface area contributed by atoms with Crippen molar-refractivity contribution in [3.05, 3.63) is 24.4 Å². The van der Waals surface area contributed by atoms with Crippen LogP contribution in [0.3, 0.4) is 0 Å². The molecular weight excluding hydrogens is 254 g/mol. The molecule has 0 amide bonds. The lowest BCUT2D eigenvalue weighted by molar-refractivity contribution is 0.0574. The number of rotatable bonds is 3. The number of anilines is 1. The highest BCUT2D eigenvalue weighted by Gasteiger charge is 2.33. The fourth-order valence-corrected chi connectivity index (χ4v) is 4.22. The van der Waals surface area contributed by atoms with Crippen molar-refractivity contribution in [2.75, 3.05) is 31.5 Å². The summed E-state index contributed by atoms with van der Waals surface area (Å²) in [5.41, 5.74) is 1.24. The molecule has 1 aromatic heterocycles. The summed E-state index contributed by atoms with van der Waals surface area (Å²) in [6.07, 6.45) is 4.75. The second-order valence-corrected chi connectivity index (χ2v) is 6.69. The Hall–Kier alpha value is -1.13. The summed E-state index contributed by atoms with van der Waals surface area (Å²) in [5.74, 6) is 1.78. The van der Waals surface area contributed by atoms with Gasteiger partial charge in [-0.05, 0) is 67.5 Å². The van der Waals surface area contributed by atoms with Crippen LogP contribution in [-0.4, -0.2) is 35.5 Å². The molecular formula is C15H19N3S. The molecule has 0 spiro atoms. The zero-order valence-electron chi connectivity index (χ0n) is 11.0. The summed E-state index contributed by atoms with van der Waals surface area (Å²) in [6.45, 7) is 5.06. The zero-order chi connectivity index (χ0) is 12.7. The lowest BCUT2D eigenvalue weighted by Crippen LogP contribution is -2.49. The minimum Gasteiger partial charge on any atom is -0.385 e. The van der Waals surface area contributed by atoms with Crippen LogP contribution in [0.15, 0.2) is 24.4 Å². The largest absolute Gasteiger partial charge is 0.385 e. The van der Waals surface area contributed by atoms with Gasteiger partial charge in [0.15, 0.2) is 0 Å². The van der Waals surface area contributed by atoms with E-state index < -0.39 is 0 Å². The van der Waals surface area contributed by atoms with Crippen LogP contribution in [0.5, 0.6) is 0 Å². The van der Waals surface area contributed by atoms with Gasteiger partial charge < -0.3 is 10.2 Å². The topological polar surface area (TPSA) is 28.2 Å². The summed E-state index contributed by atoms with van der Waals surface area (Å²) in [6, 6.07) is 6.57. The molecule has 3 aliphatic rings. The molecule has 1 atom stereocenters. The summed E-state index contributed by atoms with van der Waals surface area (Å²) >= 11 is 1.58. The van der Waals surface area contributed by atoms with Crippen LogP contribution in [0.25, 0.3) is 10.1 Å². The molecule has 19 heavy (non-hydrogen) atoms. The van der Waals surface area contributed by atoms with Gasteiger partial charge in [0.1, 0.15) is 0 Å². The number of nitrogens with zero attached hydrogens (tertiary/aromatic N) is 2. The van der Waals surface area contributed by atoms with Crippen LogP contribution in [-0.2, 0) is 0 Å². The van der Waals surface area contributed by atoms with Crippen molar-refractivity contribution in [1.29, 1.82) is 0 Å². The highest BCUT2D eigenvalue weighted by Crippen LogP contribution is 2.32. The number of aromatic nitrogens is 1. The van der Waals surface area contributed by atoms with Crippen LogP contribution in [0, 0.1) is 11.8 Å². The van der Waals surface area contributed by atoms with E-state index in [0.29, 0.717) is 0 Å². The van der Waals surface area contributed by atoms with Gasteiger partial charge in [-0.1, -0.05) is 0 Å². The Bertz CT molecular complexity index is 572. The first-order valence-corrected chi connectivity index (χ1v) is 7.96.